The number of carbonyl (C=O) groups excluding carboxylic acids is 1. The van der Waals surface area contributed by atoms with Crippen LogP contribution in [0.5, 0.6) is 0 Å². The van der Waals surface area contributed by atoms with Crippen molar-refractivity contribution < 1.29 is 22.7 Å². The third-order valence-corrected chi connectivity index (χ3v) is 4.91. The zero-order valence-electron chi connectivity index (χ0n) is 14.1. The van der Waals surface area contributed by atoms with Gasteiger partial charge in [0.2, 0.25) is 5.91 Å². The number of morpholine rings is 1. The molecule has 0 bridgehead atoms. The summed E-state index contributed by atoms with van der Waals surface area (Å²) in [5.74, 6) is -0.283. The number of nitrogens with one attached hydrogen (secondary N) is 1. The van der Waals surface area contributed by atoms with Crippen molar-refractivity contribution in [2.75, 3.05) is 36.5 Å². The number of hydrogen-bond acceptors (Lipinski definition) is 3. The van der Waals surface area contributed by atoms with Gasteiger partial charge in [-0.3, -0.25) is 4.79 Å². The number of nitrogens with zero attached hydrogens (tertiary/aromatic N) is 1. The molecule has 1 heterocycles. The van der Waals surface area contributed by atoms with Crippen molar-refractivity contribution in [2.45, 2.75) is 38.3 Å². The zero-order valence-corrected chi connectivity index (χ0v) is 14.1. The molecule has 1 saturated carbocycles. The molecule has 2 fully saturated rings. The first-order valence-corrected chi connectivity index (χ1v) is 8.80. The minimum Gasteiger partial charge on any atom is -0.378 e. The van der Waals surface area contributed by atoms with Gasteiger partial charge in [-0.2, -0.15) is 13.2 Å². The standard InChI is InChI=1S/C18H23F3N2O2/c19-18(20,21)14-6-7-16(23-8-10-25-11-9-23)15(12-14)22-17(24)13-4-2-1-3-5-13/h6-7,12-13H,1-5,8-11H2,(H,22,24). The van der Waals surface area contributed by atoms with Crippen molar-refractivity contribution in [3.8, 4) is 0 Å². The first-order valence-electron chi connectivity index (χ1n) is 8.80. The summed E-state index contributed by atoms with van der Waals surface area (Å²) in [6, 6.07) is 3.57. The van der Waals surface area contributed by atoms with Crippen molar-refractivity contribution in [1.82, 2.24) is 0 Å². The van der Waals surface area contributed by atoms with Crippen molar-refractivity contribution >= 4 is 17.3 Å². The summed E-state index contributed by atoms with van der Waals surface area (Å²) in [5.41, 5.74) is 0.121. The second kappa shape index (κ2) is 7.64. The Kier molecular flexibility index (Phi) is 5.51. The molecular weight excluding hydrogens is 333 g/mol. The molecule has 1 aromatic carbocycles. The molecule has 0 radical (unpaired) electrons. The van der Waals surface area contributed by atoms with Crippen LogP contribution in [0.4, 0.5) is 24.5 Å². The van der Waals surface area contributed by atoms with Crippen LogP contribution < -0.4 is 10.2 Å². The molecule has 1 amide bonds. The third kappa shape index (κ3) is 4.45. The second-order valence-corrected chi connectivity index (χ2v) is 6.65. The van der Waals surface area contributed by atoms with Crippen molar-refractivity contribution in [2.24, 2.45) is 5.92 Å². The number of hydrogen-bond donors (Lipinski definition) is 1. The summed E-state index contributed by atoms with van der Waals surface area (Å²) in [5, 5.41) is 2.77. The van der Waals surface area contributed by atoms with Gasteiger partial charge in [-0.25, -0.2) is 0 Å². The number of carbonyl (C=O) groups is 1. The molecule has 2 aliphatic rings. The van der Waals surface area contributed by atoms with Crippen LogP contribution >= 0.6 is 0 Å². The lowest BCUT2D eigenvalue weighted by atomic mass is 9.88. The van der Waals surface area contributed by atoms with E-state index in [0.29, 0.717) is 32.0 Å². The quantitative estimate of drug-likeness (QED) is 0.888. The molecule has 0 spiro atoms. The number of amides is 1. The average molecular weight is 356 g/mol. The van der Waals surface area contributed by atoms with E-state index in [1.54, 1.807) is 0 Å². The monoisotopic (exact) mass is 356 g/mol. The van der Waals surface area contributed by atoms with E-state index >= 15 is 0 Å². The minimum absolute atomic E-state index is 0.110. The Hall–Kier alpha value is -1.76. The van der Waals surface area contributed by atoms with E-state index in [0.717, 1.165) is 44.2 Å². The highest BCUT2D eigenvalue weighted by Gasteiger charge is 2.32. The molecule has 1 aliphatic heterocycles. The highest BCUT2D eigenvalue weighted by molar-refractivity contribution is 5.96. The number of alkyl halides is 3. The van der Waals surface area contributed by atoms with Gasteiger partial charge in [0.1, 0.15) is 0 Å². The van der Waals surface area contributed by atoms with Gasteiger partial charge in [0.15, 0.2) is 0 Å². The molecule has 1 N–H and O–H groups in total. The maximum absolute atomic E-state index is 13.1. The van der Waals surface area contributed by atoms with Gasteiger partial charge in [-0.15, -0.1) is 0 Å². The highest BCUT2D eigenvalue weighted by atomic mass is 19.4. The Morgan fingerprint density at radius 3 is 2.44 bits per heavy atom. The minimum atomic E-state index is -4.44. The number of halogens is 3. The summed E-state index contributed by atoms with van der Waals surface area (Å²) in [6.45, 7) is 2.24. The molecule has 0 unspecified atom stereocenters. The van der Waals surface area contributed by atoms with Crippen molar-refractivity contribution in [1.29, 1.82) is 0 Å². The maximum atomic E-state index is 13.1. The van der Waals surface area contributed by atoms with Crippen LogP contribution in [0.25, 0.3) is 0 Å². The van der Waals surface area contributed by atoms with E-state index in [9.17, 15) is 18.0 Å². The molecule has 1 aliphatic carbocycles. The topological polar surface area (TPSA) is 41.6 Å². The Balaban J connectivity index is 1.85. The summed E-state index contributed by atoms with van der Waals surface area (Å²) >= 11 is 0. The van der Waals surface area contributed by atoms with E-state index in [1.807, 2.05) is 4.90 Å². The van der Waals surface area contributed by atoms with E-state index in [1.165, 1.54) is 6.07 Å². The summed E-state index contributed by atoms with van der Waals surface area (Å²) in [6.07, 6.45) is 0.281. The molecule has 1 aromatic rings. The molecule has 138 valence electrons. The Morgan fingerprint density at radius 1 is 1.12 bits per heavy atom. The van der Waals surface area contributed by atoms with Crippen molar-refractivity contribution in [3.05, 3.63) is 23.8 Å². The Labute approximate surface area is 145 Å². The Morgan fingerprint density at radius 2 is 1.80 bits per heavy atom. The van der Waals surface area contributed by atoms with Gasteiger partial charge in [-0.1, -0.05) is 19.3 Å². The third-order valence-electron chi connectivity index (χ3n) is 4.91. The molecular formula is C18H23F3N2O2. The largest absolute Gasteiger partial charge is 0.416 e. The molecule has 7 heteroatoms. The number of rotatable bonds is 3. The lowest BCUT2D eigenvalue weighted by molar-refractivity contribution is -0.137. The molecule has 4 nitrogen and oxygen atoms in total. The van der Waals surface area contributed by atoms with E-state index in [2.05, 4.69) is 5.32 Å². The predicted molar refractivity (Wildman–Crippen MR) is 89.7 cm³/mol. The van der Waals surface area contributed by atoms with E-state index in [-0.39, 0.29) is 17.5 Å². The van der Waals surface area contributed by atoms with Crippen LogP contribution in [0.2, 0.25) is 0 Å². The van der Waals surface area contributed by atoms with Crippen LogP contribution in [0.15, 0.2) is 18.2 Å². The summed E-state index contributed by atoms with van der Waals surface area (Å²) in [4.78, 5) is 14.5. The summed E-state index contributed by atoms with van der Waals surface area (Å²) in [7, 11) is 0. The predicted octanol–water partition coefficient (Wildman–Crippen LogP) is 4.06. The average Bonchev–Trinajstić information content (AvgIpc) is 2.62. The lowest BCUT2D eigenvalue weighted by Gasteiger charge is -2.31. The number of ether oxygens (including phenoxy) is 1. The van der Waals surface area contributed by atoms with E-state index in [4.69, 9.17) is 4.74 Å². The first-order chi connectivity index (χ1) is 11.9. The smallest absolute Gasteiger partial charge is 0.378 e. The first kappa shape index (κ1) is 18.0. The van der Waals surface area contributed by atoms with Crippen molar-refractivity contribution in [3.63, 3.8) is 0 Å². The molecule has 25 heavy (non-hydrogen) atoms. The van der Waals surface area contributed by atoms with Gasteiger partial charge in [0.25, 0.3) is 0 Å². The normalized spacial score (nSPS) is 19.7. The summed E-state index contributed by atoms with van der Waals surface area (Å²) < 4.78 is 44.6. The van der Waals surface area contributed by atoms with Gasteiger partial charge in [0.05, 0.1) is 30.2 Å². The maximum Gasteiger partial charge on any atom is 0.416 e. The fourth-order valence-electron chi connectivity index (χ4n) is 3.49. The zero-order chi connectivity index (χ0) is 17.9. The fourth-order valence-corrected chi connectivity index (χ4v) is 3.49. The van der Waals surface area contributed by atoms with Crippen LogP contribution in [-0.2, 0) is 15.7 Å². The lowest BCUT2D eigenvalue weighted by Crippen LogP contribution is -2.37. The Bertz CT molecular complexity index is 607. The number of anilines is 2. The number of benzene rings is 1. The van der Waals surface area contributed by atoms with Gasteiger partial charge < -0.3 is 15.0 Å². The van der Waals surface area contributed by atoms with E-state index < -0.39 is 11.7 Å². The second-order valence-electron chi connectivity index (χ2n) is 6.65. The van der Waals surface area contributed by atoms with Crippen LogP contribution in [0.3, 0.4) is 0 Å². The molecule has 0 aromatic heterocycles. The van der Waals surface area contributed by atoms with Gasteiger partial charge in [-0.05, 0) is 31.0 Å². The van der Waals surface area contributed by atoms with Gasteiger partial charge >= 0.3 is 6.18 Å². The molecule has 3 rings (SSSR count). The SMILES string of the molecule is O=C(Nc1cc(C(F)(F)F)ccc1N1CCOCC1)C1CCCCC1. The molecule has 1 saturated heterocycles. The van der Waals surface area contributed by atoms with Gasteiger partial charge in [0, 0.05) is 19.0 Å². The van der Waals surface area contributed by atoms with Crippen LogP contribution in [0.1, 0.15) is 37.7 Å². The van der Waals surface area contributed by atoms with Crippen LogP contribution in [-0.4, -0.2) is 32.2 Å². The highest BCUT2D eigenvalue weighted by Crippen LogP contribution is 2.36. The molecule has 0 atom stereocenters. The van der Waals surface area contributed by atoms with Crippen LogP contribution in [0, 0.1) is 5.92 Å². The fraction of sp³-hybridized carbons (Fsp3) is 0.611.